The van der Waals surface area contributed by atoms with E-state index in [1.54, 1.807) is 0 Å². The minimum absolute atomic E-state index is 0.0823. The summed E-state index contributed by atoms with van der Waals surface area (Å²) in [7, 11) is 0. The summed E-state index contributed by atoms with van der Waals surface area (Å²) in [6, 6.07) is 0. The summed E-state index contributed by atoms with van der Waals surface area (Å²) in [6.45, 7) is 6.44. The number of hydrogen-bond donors (Lipinski definition) is 0. The van der Waals surface area contributed by atoms with Crippen LogP contribution in [-0.4, -0.2) is 37.2 Å². The lowest BCUT2D eigenvalue weighted by atomic mass is 10.0. The first-order chi connectivity index (χ1) is 38.5. The minimum atomic E-state index is -0.785. The number of unbranched alkanes of at least 4 members (excludes halogenated alkanes) is 33. The Morgan fingerprint density at radius 2 is 0.526 bits per heavy atom. The predicted molar refractivity (Wildman–Crippen MR) is 339 cm³/mol. The number of carbonyl (C=O) groups excluding carboxylic acids is 3. The second-order valence-electron chi connectivity index (χ2n) is 22.0. The van der Waals surface area contributed by atoms with Gasteiger partial charge in [-0.05, 0) is 116 Å². The van der Waals surface area contributed by atoms with E-state index < -0.39 is 6.10 Å². The second-order valence-corrected chi connectivity index (χ2v) is 22.0. The molecule has 0 aliphatic carbocycles. The van der Waals surface area contributed by atoms with Crippen LogP contribution in [0.5, 0.6) is 0 Å². The molecular weight excluding hydrogens is 961 g/mol. The van der Waals surface area contributed by atoms with Crippen LogP contribution in [0.3, 0.4) is 0 Å². The number of esters is 3. The highest BCUT2D eigenvalue weighted by atomic mass is 16.6. The fraction of sp³-hybridized carbons (Fsp3) is 0.736. The molecule has 0 aliphatic rings. The van der Waals surface area contributed by atoms with Crippen LogP contribution in [0.1, 0.15) is 323 Å². The van der Waals surface area contributed by atoms with Crippen LogP contribution in [0, 0.1) is 0 Å². The summed E-state index contributed by atoms with van der Waals surface area (Å²) in [5, 5.41) is 0. The maximum absolute atomic E-state index is 12.9. The summed E-state index contributed by atoms with van der Waals surface area (Å²) in [5.74, 6) is -0.897. The van der Waals surface area contributed by atoms with E-state index in [1.807, 2.05) is 0 Å². The van der Waals surface area contributed by atoms with Gasteiger partial charge in [-0.3, -0.25) is 14.4 Å². The van der Waals surface area contributed by atoms with Crippen molar-refractivity contribution >= 4 is 17.9 Å². The highest BCUT2D eigenvalue weighted by Crippen LogP contribution is 2.17. The fourth-order valence-electron chi connectivity index (χ4n) is 9.33. The molecule has 0 radical (unpaired) electrons. The quantitative estimate of drug-likeness (QED) is 0.0261. The van der Waals surface area contributed by atoms with Crippen molar-refractivity contribution in [1.82, 2.24) is 0 Å². The molecule has 6 heteroatoms. The minimum Gasteiger partial charge on any atom is -0.462 e. The molecule has 1 atom stereocenters. The van der Waals surface area contributed by atoms with Crippen molar-refractivity contribution in [2.75, 3.05) is 13.2 Å². The molecule has 0 aromatic rings. The molecule has 0 heterocycles. The van der Waals surface area contributed by atoms with Gasteiger partial charge in [0.25, 0.3) is 0 Å². The van der Waals surface area contributed by atoms with Crippen LogP contribution in [0.4, 0.5) is 0 Å². The highest BCUT2D eigenvalue weighted by molar-refractivity contribution is 5.71. The molecular formula is C72H124O6. The Balaban J connectivity index is 4.06. The molecule has 0 rings (SSSR count). The SMILES string of the molecule is CC/C=C\C/C=C\C/C=C\C/C=C\C/C=C\CCCCCCCCCCCCCCCCCCCCCC(=O)OCC(COC(=O)CCCCCCC/C=C\CCC)OC(=O)CCCCCCC/C=C\C/C=C\CCCCC. The third-order valence-electron chi connectivity index (χ3n) is 14.3. The molecule has 1 unspecified atom stereocenters. The van der Waals surface area contributed by atoms with Crippen molar-refractivity contribution in [3.8, 4) is 0 Å². The van der Waals surface area contributed by atoms with Gasteiger partial charge in [0.2, 0.25) is 0 Å². The first-order valence-electron chi connectivity index (χ1n) is 33.2. The van der Waals surface area contributed by atoms with Crippen LogP contribution in [-0.2, 0) is 28.6 Å². The molecule has 0 N–H and O–H groups in total. The van der Waals surface area contributed by atoms with Gasteiger partial charge in [0.15, 0.2) is 6.10 Å². The molecule has 0 bridgehead atoms. The van der Waals surface area contributed by atoms with Crippen LogP contribution in [0.2, 0.25) is 0 Å². The number of allylic oxidation sites excluding steroid dienone is 16. The van der Waals surface area contributed by atoms with E-state index in [9.17, 15) is 14.4 Å². The van der Waals surface area contributed by atoms with Gasteiger partial charge in [-0.25, -0.2) is 0 Å². The zero-order valence-electron chi connectivity index (χ0n) is 51.4. The van der Waals surface area contributed by atoms with Crippen molar-refractivity contribution in [3.63, 3.8) is 0 Å². The van der Waals surface area contributed by atoms with Gasteiger partial charge in [0.05, 0.1) is 0 Å². The van der Waals surface area contributed by atoms with Gasteiger partial charge < -0.3 is 14.2 Å². The molecule has 0 aromatic carbocycles. The Kier molecular flexibility index (Phi) is 62.7. The van der Waals surface area contributed by atoms with Crippen molar-refractivity contribution in [1.29, 1.82) is 0 Å². The molecule has 0 amide bonds. The van der Waals surface area contributed by atoms with Gasteiger partial charge in [-0.1, -0.05) is 285 Å². The van der Waals surface area contributed by atoms with E-state index >= 15 is 0 Å². The Labute approximate surface area is 483 Å². The van der Waals surface area contributed by atoms with Crippen LogP contribution in [0.25, 0.3) is 0 Å². The van der Waals surface area contributed by atoms with Crippen molar-refractivity contribution in [2.45, 2.75) is 329 Å². The molecule has 0 aromatic heterocycles. The lowest BCUT2D eigenvalue weighted by Crippen LogP contribution is -2.30. The number of ether oxygens (including phenoxy) is 3. The zero-order chi connectivity index (χ0) is 56.4. The lowest BCUT2D eigenvalue weighted by Gasteiger charge is -2.18. The van der Waals surface area contributed by atoms with Crippen molar-refractivity contribution in [3.05, 3.63) is 97.2 Å². The second kappa shape index (κ2) is 65.8. The van der Waals surface area contributed by atoms with E-state index in [0.717, 1.165) is 128 Å². The first kappa shape index (κ1) is 74.3. The first-order valence-corrected chi connectivity index (χ1v) is 33.2. The van der Waals surface area contributed by atoms with E-state index in [2.05, 4.69) is 118 Å². The summed E-state index contributed by atoms with van der Waals surface area (Å²) >= 11 is 0. The third-order valence-corrected chi connectivity index (χ3v) is 14.3. The number of carbonyl (C=O) groups is 3. The predicted octanol–water partition coefficient (Wildman–Crippen LogP) is 22.8. The van der Waals surface area contributed by atoms with Gasteiger partial charge in [-0.15, -0.1) is 0 Å². The smallest absolute Gasteiger partial charge is 0.306 e. The van der Waals surface area contributed by atoms with E-state index in [0.29, 0.717) is 19.3 Å². The maximum Gasteiger partial charge on any atom is 0.306 e. The van der Waals surface area contributed by atoms with Gasteiger partial charge in [-0.2, -0.15) is 0 Å². The molecule has 0 aliphatic heterocycles. The summed E-state index contributed by atoms with van der Waals surface area (Å²) in [5.41, 5.74) is 0. The summed E-state index contributed by atoms with van der Waals surface area (Å²) in [4.78, 5) is 38.2. The molecule has 78 heavy (non-hydrogen) atoms. The van der Waals surface area contributed by atoms with Crippen LogP contribution in [0.15, 0.2) is 97.2 Å². The highest BCUT2D eigenvalue weighted by Gasteiger charge is 2.19. The van der Waals surface area contributed by atoms with Gasteiger partial charge in [0, 0.05) is 19.3 Å². The number of rotatable bonds is 60. The maximum atomic E-state index is 12.9. The Hall–Kier alpha value is -3.67. The van der Waals surface area contributed by atoms with Crippen LogP contribution >= 0.6 is 0 Å². The third kappa shape index (κ3) is 63.2. The van der Waals surface area contributed by atoms with Crippen molar-refractivity contribution in [2.24, 2.45) is 0 Å². The molecule has 0 saturated carbocycles. The fourth-order valence-corrected chi connectivity index (χ4v) is 9.33. The average molecular weight is 1090 g/mol. The molecule has 0 spiro atoms. The molecule has 6 nitrogen and oxygen atoms in total. The number of hydrogen-bond acceptors (Lipinski definition) is 6. The summed E-state index contributed by atoms with van der Waals surface area (Å²) < 4.78 is 16.9. The largest absolute Gasteiger partial charge is 0.462 e. The Morgan fingerprint density at radius 1 is 0.269 bits per heavy atom. The normalized spacial score (nSPS) is 12.7. The summed E-state index contributed by atoms with van der Waals surface area (Å²) in [6.07, 6.45) is 88.8. The van der Waals surface area contributed by atoms with Gasteiger partial charge >= 0.3 is 17.9 Å². The van der Waals surface area contributed by atoms with E-state index in [4.69, 9.17) is 14.2 Å². The molecule has 448 valence electrons. The standard InChI is InChI=1S/C72H124O6/c1-4-7-10-13-16-19-22-24-26-27-28-29-30-31-32-33-34-35-36-37-38-39-40-41-42-43-44-45-47-48-50-53-56-59-62-65-71(74)77-68-69(67-76-70(73)64-61-58-55-52-21-18-15-12-9-6-3)78-72(75)66-63-60-57-54-51-49-46-25-23-20-17-14-11-8-5-2/h7,10,12,15-17,19-20,24-26,28-29,31-32,46,69H,4-6,8-9,11,13-14,18,21-23,27,30,33-45,47-68H2,1-3H3/b10-7-,15-12-,19-16-,20-17-,26-24-,29-28-,32-31-,46-25-. The Bertz CT molecular complexity index is 1530. The topological polar surface area (TPSA) is 78.9 Å². The molecule has 0 saturated heterocycles. The lowest BCUT2D eigenvalue weighted by molar-refractivity contribution is -0.167. The average Bonchev–Trinajstić information content (AvgIpc) is 3.44. The van der Waals surface area contributed by atoms with E-state index in [-0.39, 0.29) is 31.1 Å². The monoisotopic (exact) mass is 1080 g/mol. The van der Waals surface area contributed by atoms with Crippen LogP contribution < -0.4 is 0 Å². The zero-order valence-corrected chi connectivity index (χ0v) is 51.4. The van der Waals surface area contributed by atoms with Gasteiger partial charge in [0.1, 0.15) is 13.2 Å². The van der Waals surface area contributed by atoms with E-state index in [1.165, 1.54) is 154 Å². The Morgan fingerprint density at radius 3 is 0.846 bits per heavy atom. The van der Waals surface area contributed by atoms with Crippen molar-refractivity contribution < 1.29 is 28.6 Å². The molecule has 0 fully saturated rings.